The number of carboxylic acids is 1. The van der Waals surface area contributed by atoms with Crippen molar-refractivity contribution in [1.29, 1.82) is 0 Å². The Morgan fingerprint density at radius 2 is 2.16 bits per heavy atom. The van der Waals surface area contributed by atoms with Gasteiger partial charge in [0.05, 0.1) is 0 Å². The summed E-state index contributed by atoms with van der Waals surface area (Å²) in [6.45, 7) is 3.77. The fourth-order valence-electron chi connectivity index (χ4n) is 2.74. The normalized spacial score (nSPS) is 22.6. The van der Waals surface area contributed by atoms with Crippen LogP contribution in [-0.4, -0.2) is 66.2 Å². The Bertz CT molecular complexity index is 335. The molecular formula is C13H25N3O3. The quantitative estimate of drug-likeness (QED) is 0.755. The van der Waals surface area contributed by atoms with Crippen LogP contribution in [0.2, 0.25) is 0 Å². The number of carbonyl (C=O) groups is 2. The van der Waals surface area contributed by atoms with Crippen molar-refractivity contribution in [3.63, 3.8) is 0 Å². The average Bonchev–Trinajstić information content (AvgIpc) is 2.80. The van der Waals surface area contributed by atoms with Gasteiger partial charge in [0.2, 0.25) is 0 Å². The molecule has 0 radical (unpaired) electrons. The van der Waals surface area contributed by atoms with Gasteiger partial charge in [0.25, 0.3) is 0 Å². The number of hydrogen-bond donors (Lipinski definition) is 2. The molecule has 1 saturated heterocycles. The van der Waals surface area contributed by atoms with Crippen LogP contribution in [-0.2, 0) is 4.79 Å². The molecule has 6 heteroatoms. The van der Waals surface area contributed by atoms with Gasteiger partial charge in [-0.25, -0.2) is 9.59 Å². The van der Waals surface area contributed by atoms with Gasteiger partial charge < -0.3 is 20.2 Å². The standard InChI is InChI=1S/C13H25N3O3/c1-4-6-13(11(17)18)7-5-9-16(13)12(19)15(3)10-8-14-2/h14H,4-10H2,1-3H3,(H,17,18). The molecule has 0 aromatic carbocycles. The van der Waals surface area contributed by atoms with E-state index < -0.39 is 11.5 Å². The Kier molecular flexibility index (Phi) is 5.60. The van der Waals surface area contributed by atoms with Gasteiger partial charge in [0.15, 0.2) is 0 Å². The van der Waals surface area contributed by atoms with E-state index in [9.17, 15) is 14.7 Å². The number of likely N-dealkylation sites (tertiary alicyclic amines) is 1. The number of aliphatic carboxylic acids is 1. The fraction of sp³-hybridized carbons (Fsp3) is 0.846. The second-order valence-corrected chi connectivity index (χ2v) is 5.15. The summed E-state index contributed by atoms with van der Waals surface area (Å²) < 4.78 is 0. The Morgan fingerprint density at radius 1 is 1.47 bits per heavy atom. The summed E-state index contributed by atoms with van der Waals surface area (Å²) in [4.78, 5) is 27.2. The highest BCUT2D eigenvalue weighted by molar-refractivity contribution is 5.87. The third-order valence-corrected chi connectivity index (χ3v) is 3.81. The molecule has 2 N–H and O–H groups in total. The molecule has 19 heavy (non-hydrogen) atoms. The molecule has 2 amide bonds. The van der Waals surface area contributed by atoms with Crippen molar-refractivity contribution >= 4 is 12.0 Å². The van der Waals surface area contributed by atoms with Crippen molar-refractivity contribution in [2.75, 3.05) is 33.7 Å². The largest absolute Gasteiger partial charge is 0.479 e. The van der Waals surface area contributed by atoms with Crippen LogP contribution in [0.3, 0.4) is 0 Å². The number of carbonyl (C=O) groups excluding carboxylic acids is 1. The number of nitrogens with zero attached hydrogens (tertiary/aromatic N) is 2. The Labute approximate surface area is 114 Å². The highest BCUT2D eigenvalue weighted by Crippen LogP contribution is 2.34. The Hall–Kier alpha value is -1.30. The van der Waals surface area contributed by atoms with Crippen molar-refractivity contribution in [3.8, 4) is 0 Å². The van der Waals surface area contributed by atoms with Crippen LogP contribution in [0.4, 0.5) is 4.79 Å². The smallest absolute Gasteiger partial charge is 0.329 e. The number of urea groups is 1. The molecule has 0 aromatic heterocycles. The summed E-state index contributed by atoms with van der Waals surface area (Å²) in [5.41, 5.74) is -1.00. The molecule has 0 aromatic rings. The van der Waals surface area contributed by atoms with Crippen LogP contribution in [0, 0.1) is 0 Å². The summed E-state index contributed by atoms with van der Waals surface area (Å²) in [6, 6.07) is -0.177. The van der Waals surface area contributed by atoms with E-state index in [0.29, 0.717) is 32.5 Å². The Balaban J connectivity index is 2.84. The minimum absolute atomic E-state index is 0.177. The zero-order valence-electron chi connectivity index (χ0n) is 12.1. The van der Waals surface area contributed by atoms with Crippen molar-refractivity contribution < 1.29 is 14.7 Å². The van der Waals surface area contributed by atoms with Crippen LogP contribution in [0.15, 0.2) is 0 Å². The number of amides is 2. The lowest BCUT2D eigenvalue weighted by Crippen LogP contribution is -2.56. The topological polar surface area (TPSA) is 72.9 Å². The summed E-state index contributed by atoms with van der Waals surface area (Å²) >= 11 is 0. The van der Waals surface area contributed by atoms with Crippen LogP contribution >= 0.6 is 0 Å². The minimum Gasteiger partial charge on any atom is -0.479 e. The molecule has 1 fully saturated rings. The molecule has 1 atom stereocenters. The average molecular weight is 271 g/mol. The second-order valence-electron chi connectivity index (χ2n) is 5.15. The van der Waals surface area contributed by atoms with Gasteiger partial charge in [0.1, 0.15) is 5.54 Å². The van der Waals surface area contributed by atoms with E-state index in [0.717, 1.165) is 12.8 Å². The zero-order valence-corrected chi connectivity index (χ0v) is 12.1. The molecule has 1 aliphatic heterocycles. The van der Waals surface area contributed by atoms with Gasteiger partial charge in [-0.3, -0.25) is 0 Å². The van der Waals surface area contributed by atoms with E-state index in [1.807, 2.05) is 14.0 Å². The van der Waals surface area contributed by atoms with Crippen LogP contribution in [0.5, 0.6) is 0 Å². The van der Waals surface area contributed by atoms with Gasteiger partial charge in [-0.2, -0.15) is 0 Å². The van der Waals surface area contributed by atoms with Crippen LogP contribution in [0.25, 0.3) is 0 Å². The number of carboxylic acid groups (broad SMARTS) is 1. The third kappa shape index (κ3) is 3.18. The summed E-state index contributed by atoms with van der Waals surface area (Å²) in [6.07, 6.45) is 2.60. The lowest BCUT2D eigenvalue weighted by molar-refractivity contribution is -0.148. The predicted octanol–water partition coefficient (Wildman–Crippen LogP) is 0.977. The van der Waals surface area contributed by atoms with E-state index in [-0.39, 0.29) is 6.03 Å². The number of hydrogen-bond acceptors (Lipinski definition) is 3. The van der Waals surface area contributed by atoms with E-state index in [4.69, 9.17) is 0 Å². The lowest BCUT2D eigenvalue weighted by Gasteiger charge is -2.37. The molecule has 1 unspecified atom stereocenters. The first-order valence-electron chi connectivity index (χ1n) is 6.90. The van der Waals surface area contributed by atoms with E-state index in [1.165, 1.54) is 0 Å². The summed E-state index contributed by atoms with van der Waals surface area (Å²) in [5.74, 6) is -0.873. The van der Waals surface area contributed by atoms with Gasteiger partial charge in [-0.1, -0.05) is 13.3 Å². The van der Waals surface area contributed by atoms with E-state index >= 15 is 0 Å². The first kappa shape index (κ1) is 15.8. The maximum Gasteiger partial charge on any atom is 0.329 e. The highest BCUT2D eigenvalue weighted by Gasteiger charge is 2.49. The van der Waals surface area contributed by atoms with E-state index in [2.05, 4.69) is 5.32 Å². The molecule has 1 heterocycles. The maximum atomic E-state index is 12.4. The highest BCUT2D eigenvalue weighted by atomic mass is 16.4. The molecule has 1 rings (SSSR count). The predicted molar refractivity (Wildman–Crippen MR) is 73.2 cm³/mol. The molecule has 0 saturated carbocycles. The zero-order chi connectivity index (χ0) is 14.5. The molecular weight excluding hydrogens is 246 g/mol. The third-order valence-electron chi connectivity index (χ3n) is 3.81. The first-order valence-corrected chi connectivity index (χ1v) is 6.90. The molecule has 0 aliphatic carbocycles. The second kappa shape index (κ2) is 6.75. The first-order chi connectivity index (χ1) is 8.99. The lowest BCUT2D eigenvalue weighted by atomic mass is 9.91. The monoisotopic (exact) mass is 271 g/mol. The SMILES string of the molecule is CCCC1(C(=O)O)CCCN1C(=O)N(C)CCNC. The number of rotatable bonds is 6. The number of likely N-dealkylation sites (N-methyl/N-ethyl adjacent to an activating group) is 2. The summed E-state index contributed by atoms with van der Waals surface area (Å²) in [5, 5.41) is 12.5. The molecule has 6 nitrogen and oxygen atoms in total. The molecule has 110 valence electrons. The molecule has 1 aliphatic rings. The fourth-order valence-corrected chi connectivity index (χ4v) is 2.74. The van der Waals surface area contributed by atoms with Crippen molar-refractivity contribution in [1.82, 2.24) is 15.1 Å². The van der Waals surface area contributed by atoms with Crippen molar-refractivity contribution in [3.05, 3.63) is 0 Å². The van der Waals surface area contributed by atoms with Crippen molar-refractivity contribution in [2.24, 2.45) is 0 Å². The molecule has 0 bridgehead atoms. The van der Waals surface area contributed by atoms with Crippen LogP contribution in [0.1, 0.15) is 32.6 Å². The number of nitrogens with one attached hydrogen (secondary N) is 1. The minimum atomic E-state index is -1.00. The van der Waals surface area contributed by atoms with Crippen LogP contribution < -0.4 is 5.32 Å². The summed E-state index contributed by atoms with van der Waals surface area (Å²) in [7, 11) is 3.54. The Morgan fingerprint density at radius 3 is 2.68 bits per heavy atom. The molecule has 0 spiro atoms. The maximum absolute atomic E-state index is 12.4. The van der Waals surface area contributed by atoms with Gasteiger partial charge in [-0.15, -0.1) is 0 Å². The van der Waals surface area contributed by atoms with Crippen molar-refractivity contribution in [2.45, 2.75) is 38.1 Å². The van der Waals surface area contributed by atoms with E-state index in [1.54, 1.807) is 16.8 Å². The van der Waals surface area contributed by atoms with Gasteiger partial charge in [0, 0.05) is 26.7 Å². The van der Waals surface area contributed by atoms with Gasteiger partial charge in [-0.05, 0) is 26.3 Å². The van der Waals surface area contributed by atoms with Gasteiger partial charge >= 0.3 is 12.0 Å².